The fraction of sp³-hybridized carbons (Fsp3) is 0.500. The molecule has 0 aromatic heterocycles. The van der Waals surface area contributed by atoms with Crippen LogP contribution in [-0.4, -0.2) is 50.0 Å². The Kier molecular flexibility index (Phi) is 6.84. The number of rotatable bonds is 4. The van der Waals surface area contributed by atoms with Gasteiger partial charge in [0.2, 0.25) is 5.96 Å². The first kappa shape index (κ1) is 18.8. The van der Waals surface area contributed by atoms with Crippen LogP contribution >= 0.6 is 0 Å². The van der Waals surface area contributed by atoms with Crippen molar-refractivity contribution in [2.75, 3.05) is 37.5 Å². The molecule has 1 rings (SSSR count). The van der Waals surface area contributed by atoms with Crippen molar-refractivity contribution in [3.05, 3.63) is 24.3 Å². The van der Waals surface area contributed by atoms with Crippen molar-refractivity contribution in [2.45, 2.75) is 26.4 Å². The van der Waals surface area contributed by atoms with E-state index in [0.29, 0.717) is 0 Å². The summed E-state index contributed by atoms with van der Waals surface area (Å²) in [6, 6.07) is 7.64. The second-order valence-electron chi connectivity index (χ2n) is 6.15. The number of ether oxygens (including phenoxy) is 1. The standard InChI is InChI=1S/C16H26N4O3/c1-16(2,3)23-15(22)19-14(17-10-11-21)18-12-6-8-13(9-7-12)20(4)5/h6-9,21H,10-11H2,1-5H3,(H2,17,18,19,22). The summed E-state index contributed by atoms with van der Waals surface area (Å²) in [5.74, 6) is 0.228. The number of carbonyl (C=O) groups is 1. The topological polar surface area (TPSA) is 86.2 Å². The Hall–Kier alpha value is -2.28. The first-order valence-electron chi connectivity index (χ1n) is 7.41. The minimum Gasteiger partial charge on any atom is -0.444 e. The molecule has 1 amide bonds. The predicted octanol–water partition coefficient (Wildman–Crippen LogP) is 2.04. The molecule has 1 aromatic rings. The summed E-state index contributed by atoms with van der Waals surface area (Å²) >= 11 is 0. The molecule has 7 heteroatoms. The third-order valence-electron chi connectivity index (χ3n) is 2.64. The van der Waals surface area contributed by atoms with Crippen LogP contribution in [0.3, 0.4) is 0 Å². The average Bonchev–Trinajstić information content (AvgIpc) is 2.43. The lowest BCUT2D eigenvalue weighted by atomic mass is 10.2. The summed E-state index contributed by atoms with van der Waals surface area (Å²) in [6.07, 6.45) is -0.605. The summed E-state index contributed by atoms with van der Waals surface area (Å²) in [7, 11) is 3.92. The number of guanidine groups is 1. The molecule has 3 N–H and O–H groups in total. The second-order valence-corrected chi connectivity index (χ2v) is 6.15. The normalized spacial score (nSPS) is 11.8. The molecule has 0 spiro atoms. The van der Waals surface area contributed by atoms with Crippen LogP contribution in [0.25, 0.3) is 0 Å². The number of alkyl carbamates (subject to hydrolysis) is 1. The quantitative estimate of drug-likeness (QED) is 0.583. The zero-order valence-corrected chi connectivity index (χ0v) is 14.4. The van der Waals surface area contributed by atoms with Crippen molar-refractivity contribution in [1.29, 1.82) is 0 Å². The number of aliphatic imine (C=N–C) groups is 1. The van der Waals surface area contributed by atoms with Gasteiger partial charge in [0, 0.05) is 25.5 Å². The van der Waals surface area contributed by atoms with Crippen LogP contribution in [0.4, 0.5) is 16.2 Å². The fourth-order valence-electron chi connectivity index (χ4n) is 1.65. The molecule has 0 atom stereocenters. The van der Waals surface area contributed by atoms with Gasteiger partial charge in [-0.05, 0) is 45.0 Å². The molecule has 128 valence electrons. The molecule has 0 aliphatic rings. The minimum absolute atomic E-state index is 0.110. The molecule has 0 aliphatic heterocycles. The van der Waals surface area contributed by atoms with Crippen LogP contribution in [0.15, 0.2) is 29.3 Å². The lowest BCUT2D eigenvalue weighted by Gasteiger charge is -2.20. The maximum Gasteiger partial charge on any atom is 0.414 e. The molecular formula is C16H26N4O3. The van der Waals surface area contributed by atoms with Crippen molar-refractivity contribution < 1.29 is 14.6 Å². The summed E-state index contributed by atoms with van der Waals surface area (Å²) in [5.41, 5.74) is 1.23. The van der Waals surface area contributed by atoms with Gasteiger partial charge in [0.05, 0.1) is 13.2 Å². The fourth-order valence-corrected chi connectivity index (χ4v) is 1.65. The lowest BCUT2D eigenvalue weighted by molar-refractivity contribution is 0.0563. The Morgan fingerprint density at radius 1 is 1.26 bits per heavy atom. The van der Waals surface area contributed by atoms with Gasteiger partial charge < -0.3 is 20.1 Å². The van der Waals surface area contributed by atoms with E-state index in [0.717, 1.165) is 11.4 Å². The van der Waals surface area contributed by atoms with Gasteiger partial charge in [0.1, 0.15) is 5.60 Å². The summed E-state index contributed by atoms with van der Waals surface area (Å²) in [5, 5.41) is 14.5. The number of hydrogen-bond acceptors (Lipinski definition) is 5. The largest absolute Gasteiger partial charge is 0.444 e. The number of benzene rings is 1. The highest BCUT2D eigenvalue weighted by Crippen LogP contribution is 2.15. The van der Waals surface area contributed by atoms with E-state index in [1.165, 1.54) is 0 Å². The molecule has 7 nitrogen and oxygen atoms in total. The average molecular weight is 322 g/mol. The SMILES string of the molecule is CN(C)c1ccc(NC(=NCCO)NC(=O)OC(C)(C)C)cc1. The number of aliphatic hydroxyl groups excluding tert-OH is 1. The van der Waals surface area contributed by atoms with Crippen LogP contribution in [0.5, 0.6) is 0 Å². The smallest absolute Gasteiger partial charge is 0.414 e. The highest BCUT2D eigenvalue weighted by Gasteiger charge is 2.17. The van der Waals surface area contributed by atoms with Crippen LogP contribution in [0.1, 0.15) is 20.8 Å². The second kappa shape index (κ2) is 8.38. The summed E-state index contributed by atoms with van der Waals surface area (Å²) in [6.45, 7) is 5.41. The number of hydrogen-bond donors (Lipinski definition) is 3. The lowest BCUT2D eigenvalue weighted by Crippen LogP contribution is -2.40. The highest BCUT2D eigenvalue weighted by molar-refractivity contribution is 6.02. The van der Waals surface area contributed by atoms with Gasteiger partial charge in [-0.3, -0.25) is 10.3 Å². The summed E-state index contributed by atoms with van der Waals surface area (Å²) < 4.78 is 5.20. The Morgan fingerprint density at radius 2 is 1.87 bits per heavy atom. The predicted molar refractivity (Wildman–Crippen MR) is 93.1 cm³/mol. The monoisotopic (exact) mass is 322 g/mol. The van der Waals surface area contributed by atoms with Gasteiger partial charge in [0.25, 0.3) is 0 Å². The number of anilines is 2. The van der Waals surface area contributed by atoms with Crippen LogP contribution in [0, 0.1) is 0 Å². The first-order chi connectivity index (χ1) is 10.7. The molecule has 23 heavy (non-hydrogen) atoms. The highest BCUT2D eigenvalue weighted by atomic mass is 16.6. The maximum atomic E-state index is 11.8. The molecule has 0 fully saturated rings. The number of nitrogens with zero attached hydrogens (tertiary/aromatic N) is 2. The third-order valence-corrected chi connectivity index (χ3v) is 2.64. The zero-order valence-electron chi connectivity index (χ0n) is 14.4. The van der Waals surface area contributed by atoms with E-state index < -0.39 is 11.7 Å². The Morgan fingerprint density at radius 3 is 2.35 bits per heavy atom. The van der Waals surface area contributed by atoms with Crippen LogP contribution in [0.2, 0.25) is 0 Å². The Bertz CT molecular complexity index is 533. The van der Waals surface area contributed by atoms with E-state index >= 15 is 0 Å². The van der Waals surface area contributed by atoms with Crippen molar-refractivity contribution in [1.82, 2.24) is 5.32 Å². The maximum absolute atomic E-state index is 11.8. The summed E-state index contributed by atoms with van der Waals surface area (Å²) in [4.78, 5) is 17.9. The molecule has 0 saturated heterocycles. The molecule has 0 aliphatic carbocycles. The van der Waals surface area contributed by atoms with E-state index in [1.807, 2.05) is 43.3 Å². The zero-order chi connectivity index (χ0) is 17.5. The number of aliphatic hydroxyl groups is 1. The minimum atomic E-state index is -0.605. The number of carbonyl (C=O) groups excluding carboxylic acids is 1. The van der Waals surface area contributed by atoms with Gasteiger partial charge in [-0.2, -0.15) is 0 Å². The molecule has 0 radical (unpaired) electrons. The third kappa shape index (κ3) is 7.51. The van der Waals surface area contributed by atoms with E-state index in [2.05, 4.69) is 15.6 Å². The van der Waals surface area contributed by atoms with Crippen molar-refractivity contribution in [2.24, 2.45) is 4.99 Å². The van der Waals surface area contributed by atoms with Crippen LogP contribution < -0.4 is 15.5 Å². The van der Waals surface area contributed by atoms with Crippen molar-refractivity contribution in [3.63, 3.8) is 0 Å². The van der Waals surface area contributed by atoms with Gasteiger partial charge in [-0.1, -0.05) is 0 Å². The molecular weight excluding hydrogens is 296 g/mol. The first-order valence-corrected chi connectivity index (χ1v) is 7.41. The van der Waals surface area contributed by atoms with Crippen LogP contribution in [-0.2, 0) is 4.74 Å². The van der Waals surface area contributed by atoms with E-state index in [1.54, 1.807) is 20.8 Å². The number of amides is 1. The van der Waals surface area contributed by atoms with Crippen molar-refractivity contribution >= 4 is 23.4 Å². The van der Waals surface area contributed by atoms with E-state index in [-0.39, 0.29) is 19.1 Å². The van der Waals surface area contributed by atoms with Gasteiger partial charge in [-0.15, -0.1) is 0 Å². The Labute approximate surface area is 137 Å². The van der Waals surface area contributed by atoms with Gasteiger partial charge in [-0.25, -0.2) is 4.79 Å². The molecule has 0 heterocycles. The van der Waals surface area contributed by atoms with E-state index in [4.69, 9.17) is 9.84 Å². The molecule has 0 unspecified atom stereocenters. The van der Waals surface area contributed by atoms with E-state index in [9.17, 15) is 4.79 Å². The van der Waals surface area contributed by atoms with Gasteiger partial charge in [0.15, 0.2) is 0 Å². The molecule has 0 saturated carbocycles. The van der Waals surface area contributed by atoms with Gasteiger partial charge >= 0.3 is 6.09 Å². The molecule has 1 aromatic carbocycles. The molecule has 0 bridgehead atoms. The number of nitrogens with one attached hydrogen (secondary N) is 2. The van der Waals surface area contributed by atoms with Crippen molar-refractivity contribution in [3.8, 4) is 0 Å². The Balaban J connectivity index is 2.76.